The van der Waals surface area contributed by atoms with Crippen molar-refractivity contribution in [3.63, 3.8) is 0 Å². The fraction of sp³-hybridized carbons (Fsp3) is 0.345. The number of rotatable bonds is 7. The van der Waals surface area contributed by atoms with Gasteiger partial charge in [-0.05, 0) is 70.6 Å². The Hall–Kier alpha value is -3.17. The average Bonchev–Trinajstić information content (AvgIpc) is 3.33. The smallest absolute Gasteiger partial charge is 0.343 e. The molecule has 2 atom stereocenters. The average molecular weight is 598 g/mol. The van der Waals surface area contributed by atoms with Crippen LogP contribution in [-0.4, -0.2) is 41.4 Å². The molecule has 3 aromatic rings. The zero-order chi connectivity index (χ0) is 27.0. The maximum Gasteiger partial charge on any atom is 0.343 e. The Labute approximate surface area is 234 Å². The Morgan fingerprint density at radius 1 is 1.21 bits per heavy atom. The lowest BCUT2D eigenvalue weighted by Gasteiger charge is -2.46. The Balaban J connectivity index is 1.63. The Kier molecular flexibility index (Phi) is 7.59. The van der Waals surface area contributed by atoms with E-state index in [1.807, 2.05) is 24.3 Å². The van der Waals surface area contributed by atoms with Crippen LogP contribution in [0.2, 0.25) is 0 Å². The summed E-state index contributed by atoms with van der Waals surface area (Å²) in [7, 11) is 1.63. The predicted molar refractivity (Wildman–Crippen MR) is 150 cm³/mol. The molecule has 2 unspecified atom stereocenters. The summed E-state index contributed by atoms with van der Waals surface area (Å²) in [5.74, 6) is 1.60. The fourth-order valence-corrected chi connectivity index (χ4v) is 6.36. The molecule has 0 saturated heterocycles. The second-order valence-corrected chi connectivity index (χ2v) is 12.1. The van der Waals surface area contributed by atoms with Gasteiger partial charge < -0.3 is 19.1 Å². The first-order chi connectivity index (χ1) is 18.3. The number of hydrogen-bond acceptors (Lipinski definition) is 8. The second-order valence-electron chi connectivity index (χ2n) is 9.67. The van der Waals surface area contributed by atoms with Gasteiger partial charge in [-0.1, -0.05) is 19.9 Å². The first-order valence-corrected chi connectivity index (χ1v) is 14.2. The van der Waals surface area contributed by atoms with Crippen molar-refractivity contribution < 1.29 is 23.8 Å². The van der Waals surface area contributed by atoms with Crippen LogP contribution in [0.25, 0.3) is 10.6 Å². The number of Topliss-reactive ketones (excluding diaryl/α,β-unsaturated/α-hetero) is 1. The Morgan fingerprint density at radius 3 is 2.68 bits per heavy atom. The minimum atomic E-state index is -0.556. The minimum absolute atomic E-state index is 0.106. The van der Waals surface area contributed by atoms with Crippen molar-refractivity contribution in [1.82, 2.24) is 9.88 Å². The van der Waals surface area contributed by atoms with Gasteiger partial charge in [0.15, 0.2) is 5.78 Å². The second kappa shape index (κ2) is 10.9. The highest BCUT2D eigenvalue weighted by atomic mass is 79.9. The molecule has 2 aliphatic rings. The van der Waals surface area contributed by atoms with Gasteiger partial charge in [-0.2, -0.15) is 0 Å². The van der Waals surface area contributed by atoms with Crippen LogP contribution in [0.1, 0.15) is 44.4 Å². The number of methoxy groups -OCH3 is 1. The van der Waals surface area contributed by atoms with Crippen LogP contribution in [0.5, 0.6) is 17.2 Å². The van der Waals surface area contributed by atoms with Gasteiger partial charge in [0.05, 0.1) is 35.3 Å². The van der Waals surface area contributed by atoms with E-state index >= 15 is 0 Å². The molecule has 5 rings (SSSR count). The van der Waals surface area contributed by atoms with E-state index in [0.29, 0.717) is 17.2 Å². The highest BCUT2D eigenvalue weighted by molar-refractivity contribution is 9.11. The molecule has 198 valence electrons. The van der Waals surface area contributed by atoms with E-state index in [4.69, 9.17) is 14.2 Å². The molecule has 0 N–H and O–H groups in total. The van der Waals surface area contributed by atoms with Crippen molar-refractivity contribution in [1.29, 1.82) is 0 Å². The van der Waals surface area contributed by atoms with Gasteiger partial charge in [-0.3, -0.25) is 4.79 Å². The van der Waals surface area contributed by atoms with Crippen LogP contribution in [0.4, 0.5) is 0 Å². The lowest BCUT2D eigenvalue weighted by Crippen LogP contribution is -2.47. The number of hydrogen-bond donors (Lipinski definition) is 0. The minimum Gasteiger partial charge on any atom is -0.497 e. The molecule has 1 aromatic heterocycles. The number of carbonyl (C=O) groups excluding carboxylic acids is 2. The maximum atomic E-state index is 13.1. The number of aromatic nitrogens is 1. The van der Waals surface area contributed by atoms with Crippen molar-refractivity contribution in [3.8, 4) is 27.8 Å². The van der Waals surface area contributed by atoms with E-state index in [9.17, 15) is 9.59 Å². The first kappa shape index (κ1) is 26.4. The molecule has 0 amide bonds. The number of fused-ring (bicyclic) bond motifs is 3. The van der Waals surface area contributed by atoms with Gasteiger partial charge >= 0.3 is 5.97 Å². The zero-order valence-corrected chi connectivity index (χ0v) is 24.1. The van der Waals surface area contributed by atoms with Crippen LogP contribution < -0.4 is 9.47 Å². The van der Waals surface area contributed by atoms with E-state index in [2.05, 4.69) is 51.8 Å². The lowest BCUT2D eigenvalue weighted by molar-refractivity contribution is -0.140. The number of ether oxygens (including phenoxy) is 3. The number of thiazole rings is 1. The largest absolute Gasteiger partial charge is 0.497 e. The summed E-state index contributed by atoms with van der Waals surface area (Å²) in [5.41, 5.74) is 3.15. The van der Waals surface area contributed by atoms with Crippen LogP contribution in [0.15, 0.2) is 58.2 Å². The van der Waals surface area contributed by atoms with Crippen LogP contribution in [0, 0.1) is 5.92 Å². The quantitative estimate of drug-likeness (QED) is 0.221. The highest BCUT2D eigenvalue weighted by Gasteiger charge is 2.41. The van der Waals surface area contributed by atoms with E-state index in [-0.39, 0.29) is 42.4 Å². The summed E-state index contributed by atoms with van der Waals surface area (Å²) in [6.45, 7) is 6.30. The maximum absolute atomic E-state index is 13.1. The van der Waals surface area contributed by atoms with Crippen molar-refractivity contribution in [2.24, 2.45) is 5.92 Å². The Morgan fingerprint density at radius 2 is 2.00 bits per heavy atom. The summed E-state index contributed by atoms with van der Waals surface area (Å²) in [6, 6.07) is 11.6. The predicted octanol–water partition coefficient (Wildman–Crippen LogP) is 6.72. The number of esters is 1. The molecule has 2 aromatic carbocycles. The third-order valence-electron chi connectivity index (χ3n) is 6.97. The first-order valence-electron chi connectivity index (χ1n) is 12.6. The van der Waals surface area contributed by atoms with E-state index in [0.717, 1.165) is 31.9 Å². The topological polar surface area (TPSA) is 78.0 Å². The van der Waals surface area contributed by atoms with Gasteiger partial charge in [0.25, 0.3) is 0 Å². The zero-order valence-electron chi connectivity index (χ0n) is 21.7. The van der Waals surface area contributed by atoms with Crippen LogP contribution in [0.3, 0.4) is 0 Å². The molecule has 2 aliphatic heterocycles. The molecule has 7 nitrogen and oxygen atoms in total. The van der Waals surface area contributed by atoms with Gasteiger partial charge in [0, 0.05) is 24.7 Å². The van der Waals surface area contributed by atoms with E-state index in [1.165, 1.54) is 11.3 Å². The summed E-state index contributed by atoms with van der Waals surface area (Å²) in [4.78, 5) is 32.5. The molecular formula is C29H29BrN2O5S. The molecule has 0 saturated carbocycles. The van der Waals surface area contributed by atoms with Gasteiger partial charge in [-0.15, -0.1) is 11.3 Å². The van der Waals surface area contributed by atoms with Crippen molar-refractivity contribution in [2.75, 3.05) is 13.7 Å². The van der Waals surface area contributed by atoms with Gasteiger partial charge in [-0.25, -0.2) is 9.78 Å². The molecule has 0 radical (unpaired) electrons. The number of benzene rings is 2. The van der Waals surface area contributed by atoms with Crippen LogP contribution in [-0.2, 0) is 20.7 Å². The third kappa shape index (κ3) is 5.09. The molecule has 0 spiro atoms. The molecule has 9 heteroatoms. The van der Waals surface area contributed by atoms with E-state index < -0.39 is 5.97 Å². The van der Waals surface area contributed by atoms with Crippen molar-refractivity contribution in [3.05, 3.63) is 69.3 Å². The highest BCUT2D eigenvalue weighted by Crippen LogP contribution is 2.47. The van der Waals surface area contributed by atoms with Crippen LogP contribution >= 0.6 is 27.3 Å². The summed E-state index contributed by atoms with van der Waals surface area (Å²) < 4.78 is 17.9. The normalized spacial score (nSPS) is 18.5. The molecule has 3 heterocycles. The summed E-state index contributed by atoms with van der Waals surface area (Å²) in [5, 5.41) is 0.806. The standard InChI is InChI=1S/C29H29BrN2O5S/c1-5-36-29(34)22-15-32-23(16(2)3)9-17-10-26(37-19-8-6-7-18(11-19)35-4)21(28-31-14-27(30)38-28)12-20(17)24(32)13-25(22)33/h6-8,10-12,14-16,23-24H,5,9,13H2,1-4H3. The number of nitrogens with zero attached hydrogens (tertiary/aromatic N) is 2. The van der Waals surface area contributed by atoms with Crippen molar-refractivity contribution in [2.45, 2.75) is 45.7 Å². The third-order valence-corrected chi connectivity index (χ3v) is 8.48. The summed E-state index contributed by atoms with van der Waals surface area (Å²) in [6.07, 6.45) is 4.45. The number of ketones is 1. The molecule has 0 aliphatic carbocycles. The molecule has 0 bridgehead atoms. The van der Waals surface area contributed by atoms with Gasteiger partial charge in [0.1, 0.15) is 27.8 Å². The Bertz CT molecular complexity index is 1420. The number of carbonyl (C=O) groups is 2. The van der Waals surface area contributed by atoms with Gasteiger partial charge in [0.2, 0.25) is 0 Å². The monoisotopic (exact) mass is 596 g/mol. The fourth-order valence-electron chi connectivity index (χ4n) is 5.13. The molecule has 38 heavy (non-hydrogen) atoms. The molecular weight excluding hydrogens is 568 g/mol. The van der Waals surface area contributed by atoms with E-state index in [1.54, 1.807) is 26.4 Å². The summed E-state index contributed by atoms with van der Waals surface area (Å²) >= 11 is 5.04. The SMILES string of the molecule is CCOC(=O)C1=CN2C(CC1=O)c1cc(-c3ncc(Br)s3)c(Oc3cccc(OC)c3)cc1CC2C(C)C. The molecule has 0 fully saturated rings. The van der Waals surface area contributed by atoms with Crippen molar-refractivity contribution >= 4 is 39.0 Å². The lowest BCUT2D eigenvalue weighted by atomic mass is 9.79. The number of halogens is 1.